The average molecular weight is 913 g/mol. The molecule has 1 unspecified atom stereocenters. The second-order valence-corrected chi connectivity index (χ2v) is 19.6. The third kappa shape index (κ3) is 14.7. The number of terminal acetylenes is 1. The zero-order valence-corrected chi connectivity index (χ0v) is 37.3. The number of Topliss-reactive ketones (excluding diaryl/α,β-unsaturated/α-hetero) is 1. The van der Waals surface area contributed by atoms with Crippen LogP contribution in [-0.4, -0.2) is 65.1 Å². The van der Waals surface area contributed by atoms with Crippen molar-refractivity contribution in [3.05, 3.63) is 61.9 Å². The quantitative estimate of drug-likeness (QED) is 0.140. The zero-order valence-electron chi connectivity index (χ0n) is 36.3. The Bertz CT molecular complexity index is 3110. The Morgan fingerprint density at radius 1 is 0.812 bits per heavy atom. The lowest BCUT2D eigenvalue weighted by molar-refractivity contribution is -0.156. The van der Waals surface area contributed by atoms with E-state index in [1.807, 2.05) is 33.9 Å². The van der Waals surface area contributed by atoms with Gasteiger partial charge in [-0.15, -0.1) is 6.42 Å². The van der Waals surface area contributed by atoms with Crippen LogP contribution in [0.5, 0.6) is 5.75 Å². The molecular formula is C51H84N2O10Si. The van der Waals surface area contributed by atoms with Crippen molar-refractivity contribution in [1.29, 1.82) is 0 Å². The van der Waals surface area contributed by atoms with E-state index in [1.54, 1.807) is 13.8 Å². The van der Waals surface area contributed by atoms with E-state index in [2.05, 4.69) is 125 Å². The van der Waals surface area contributed by atoms with Gasteiger partial charge in [-0.05, 0) is 110 Å². The minimum absolute atomic E-state index is 0. The van der Waals surface area contributed by atoms with Gasteiger partial charge in [0.15, 0.2) is 20.6 Å². The highest BCUT2D eigenvalue weighted by atomic mass is 28.4. The number of aliphatic hydroxyl groups excluding tert-OH is 1. The maximum atomic E-state index is 14.2. The van der Waals surface area contributed by atoms with Gasteiger partial charge in [0, 0.05) is 127 Å². The molecule has 0 amide bonds. The highest BCUT2D eigenvalue weighted by Crippen LogP contribution is 2.42. The monoisotopic (exact) mass is 913 g/mol. The van der Waals surface area contributed by atoms with Crippen molar-refractivity contribution in [3.8, 4) is 137 Å². The lowest BCUT2D eigenvalue weighted by Gasteiger charge is -2.40. The fraction of sp³-hybridized carbons (Fsp3) is 0.314. The van der Waals surface area contributed by atoms with E-state index in [0.29, 0.717) is 15.7 Å². The minimum Gasteiger partial charge on any atom is -0.457 e. The van der Waals surface area contributed by atoms with Crippen molar-refractivity contribution in [1.82, 2.24) is 9.13 Å². The standard InChI is InChI=1S/C51H40N2O10Si.22H2/c1-10-11-12-13-14-15-16-17-18-19-20-21-22-23-24-25-26-27-28-29-34-60-42-36-41(35-38(2)40(42)4)48(58)53-44(56)32-33-52(50(53)59)49-47(63-64(8,9)51(5,6)7)46(43(37-54)61-49)62-45(57)31-30-39(3)55;;;;;;;;;;;;;;;;;;;;;;/h1,32-33,35-36,43,46-47,49,54H,30-31,37H2,2-9H3;22*1H/t43-,46+,47?,49-;;;;;;;;;;;;;;;;;;;;;;/m1....................../s1. The van der Waals surface area contributed by atoms with Gasteiger partial charge in [0.1, 0.15) is 29.8 Å². The molecule has 1 aromatic heterocycles. The molecule has 1 fully saturated rings. The molecule has 1 aliphatic heterocycles. The van der Waals surface area contributed by atoms with Gasteiger partial charge in [0.25, 0.3) is 11.5 Å². The highest BCUT2D eigenvalue weighted by Gasteiger charge is 2.53. The Hall–Kier alpha value is -8.23. The van der Waals surface area contributed by atoms with Crippen LogP contribution < -0.4 is 16.0 Å². The Morgan fingerprint density at radius 2 is 1.33 bits per heavy atom. The summed E-state index contributed by atoms with van der Waals surface area (Å²) in [4.78, 5) is 65.9. The number of aliphatic hydroxyl groups is 1. The van der Waals surface area contributed by atoms with Gasteiger partial charge in [-0.3, -0.25) is 19.0 Å². The van der Waals surface area contributed by atoms with Crippen LogP contribution in [0, 0.1) is 145 Å². The Morgan fingerprint density at radius 3 is 1.81 bits per heavy atom. The van der Waals surface area contributed by atoms with Gasteiger partial charge < -0.3 is 28.5 Å². The number of nitrogens with zero attached hydrogens (tertiary/aromatic N) is 2. The second-order valence-electron chi connectivity index (χ2n) is 14.9. The topological polar surface area (TPSA) is 152 Å². The molecule has 1 saturated heterocycles. The van der Waals surface area contributed by atoms with Gasteiger partial charge in [0.05, 0.1) is 13.0 Å². The predicted molar refractivity (Wildman–Crippen MR) is 287 cm³/mol. The van der Waals surface area contributed by atoms with Gasteiger partial charge in [0.2, 0.25) is 0 Å². The maximum absolute atomic E-state index is 14.2. The van der Waals surface area contributed by atoms with Crippen LogP contribution >= 0.6 is 0 Å². The van der Waals surface area contributed by atoms with E-state index in [9.17, 15) is 29.1 Å². The van der Waals surface area contributed by atoms with Crippen molar-refractivity contribution in [2.45, 2.75) is 97.1 Å². The zero-order chi connectivity index (χ0) is 47.3. The molecule has 13 heteroatoms. The van der Waals surface area contributed by atoms with E-state index < -0.39 is 62.6 Å². The molecule has 12 nitrogen and oxygen atoms in total. The van der Waals surface area contributed by atoms with Crippen LogP contribution in [0.3, 0.4) is 0 Å². The molecule has 0 spiro atoms. The molecule has 2 aromatic rings. The largest absolute Gasteiger partial charge is 0.457 e. The van der Waals surface area contributed by atoms with Crippen LogP contribution in [-0.2, 0) is 23.5 Å². The van der Waals surface area contributed by atoms with Crippen LogP contribution in [0.25, 0.3) is 0 Å². The predicted octanol–water partition coefficient (Wildman–Crippen LogP) is 8.29. The lowest BCUT2D eigenvalue weighted by atomic mass is 10.0. The first kappa shape index (κ1) is 50.1. The fourth-order valence-electron chi connectivity index (χ4n) is 5.08. The third-order valence-corrected chi connectivity index (χ3v) is 13.9. The van der Waals surface area contributed by atoms with E-state index >= 15 is 0 Å². The molecule has 1 aliphatic rings. The summed E-state index contributed by atoms with van der Waals surface area (Å²) in [6, 6.07) is 3.84. The Balaban J connectivity index is -0.000000110. The van der Waals surface area contributed by atoms with Gasteiger partial charge >= 0.3 is 11.7 Å². The normalized spacial score (nSPS) is 15.1. The minimum atomic E-state index is -2.71. The fourth-order valence-corrected chi connectivity index (χ4v) is 6.37. The summed E-state index contributed by atoms with van der Waals surface area (Å²) in [5.74, 6) is 47.2. The van der Waals surface area contributed by atoms with Gasteiger partial charge in [-0.2, -0.15) is 4.57 Å². The second kappa shape index (κ2) is 24.3. The first-order chi connectivity index (χ1) is 30.4. The van der Waals surface area contributed by atoms with E-state index in [-0.39, 0.29) is 66.4 Å². The van der Waals surface area contributed by atoms with Crippen molar-refractivity contribution in [3.63, 3.8) is 0 Å². The molecule has 0 radical (unpaired) electrons. The number of hydrogen-bond acceptors (Lipinski definition) is 10. The SMILES string of the molecule is C#CC#CC#CC#CC#CC#CC#CC#CC#CC#CC#COc1cc(C(=O)n2c(=O)ccn([C@@H]3O[C@H](CO)[C@H](OC(=O)CCC(C)=O)C3O[Si](C)(C)C(C)(C)C)c2=O)cc(C)c1C.[HH].[HH].[HH].[HH].[HH].[HH].[HH].[HH].[HH].[HH].[HH].[HH].[HH].[HH].[HH].[HH].[HH].[HH].[HH].[HH].[HH].[HH]. The molecule has 0 aliphatic carbocycles. The van der Waals surface area contributed by atoms with E-state index in [0.717, 1.165) is 16.8 Å². The van der Waals surface area contributed by atoms with Crippen molar-refractivity contribution >= 4 is 26.0 Å². The Kier molecular flexibility index (Phi) is 19.0. The number of aromatic nitrogens is 2. The van der Waals surface area contributed by atoms with Crippen molar-refractivity contribution in [2.24, 2.45) is 0 Å². The van der Waals surface area contributed by atoms with Gasteiger partial charge in [-0.25, -0.2) is 4.79 Å². The summed E-state index contributed by atoms with van der Waals surface area (Å²) in [5, 5.41) is 9.97. The van der Waals surface area contributed by atoms with E-state index in [1.165, 1.54) is 19.1 Å². The van der Waals surface area contributed by atoms with Gasteiger partial charge in [-0.1, -0.05) is 20.8 Å². The number of aryl methyl sites for hydroxylation is 1. The first-order valence-electron chi connectivity index (χ1n) is 19.2. The lowest BCUT2D eigenvalue weighted by Crippen LogP contribution is -2.51. The third-order valence-electron chi connectivity index (χ3n) is 9.41. The van der Waals surface area contributed by atoms with Crippen LogP contribution in [0.15, 0.2) is 34.0 Å². The van der Waals surface area contributed by atoms with Crippen LogP contribution in [0.2, 0.25) is 18.1 Å². The molecular weight excluding hydrogens is 829 g/mol. The number of ether oxygens (including phenoxy) is 3. The summed E-state index contributed by atoms with van der Waals surface area (Å²) >= 11 is 0. The summed E-state index contributed by atoms with van der Waals surface area (Å²) in [5.41, 5.74) is -0.867. The summed E-state index contributed by atoms with van der Waals surface area (Å²) in [6.07, 6.45) is 3.40. The first-order valence-corrected chi connectivity index (χ1v) is 22.1. The maximum Gasteiger partial charge on any atom is 0.340 e. The molecule has 64 heavy (non-hydrogen) atoms. The van der Waals surface area contributed by atoms with Crippen molar-refractivity contribution < 1.29 is 69.5 Å². The molecule has 2 heterocycles. The molecule has 0 bridgehead atoms. The van der Waals surface area contributed by atoms with Crippen LogP contribution in [0.4, 0.5) is 0 Å². The molecule has 1 aromatic carbocycles. The molecule has 4 atom stereocenters. The summed E-state index contributed by atoms with van der Waals surface area (Å²) in [6.45, 7) is 14.0. The molecule has 362 valence electrons. The number of rotatable bonds is 10. The number of hydrogen-bond donors (Lipinski definition) is 1. The molecule has 0 saturated carbocycles. The number of esters is 1. The average Bonchev–Trinajstić information content (AvgIpc) is 3.56. The summed E-state index contributed by atoms with van der Waals surface area (Å²) < 4.78 is 25.6. The number of carbonyl (C=O) groups excluding carboxylic acids is 3. The van der Waals surface area contributed by atoms with E-state index in [4.69, 9.17) is 25.1 Å². The highest BCUT2D eigenvalue weighted by molar-refractivity contribution is 6.74. The number of ketones is 1. The Labute approximate surface area is 407 Å². The number of benzene rings is 1. The summed E-state index contributed by atoms with van der Waals surface area (Å²) in [7, 11) is -2.71. The molecule has 3 rings (SSSR count). The molecule has 1 N–H and O–H groups in total. The van der Waals surface area contributed by atoms with Crippen molar-refractivity contribution in [2.75, 3.05) is 6.61 Å². The smallest absolute Gasteiger partial charge is 0.340 e. The number of carbonyl (C=O) groups is 3. The van der Waals surface area contributed by atoms with Crippen LogP contribution in [0.1, 0.15) is 99.6 Å².